The fourth-order valence-corrected chi connectivity index (χ4v) is 2.59. The van der Waals surface area contributed by atoms with E-state index < -0.39 is 0 Å². The quantitative estimate of drug-likeness (QED) is 0.763. The number of nitrogens with zero attached hydrogens (tertiary/aromatic N) is 2. The number of hydrogen-bond donors (Lipinski definition) is 1. The number of aryl methyl sites for hydroxylation is 1. The summed E-state index contributed by atoms with van der Waals surface area (Å²) in [6.45, 7) is 6.19. The van der Waals surface area contributed by atoms with E-state index in [2.05, 4.69) is 23.8 Å². The maximum atomic E-state index is 9.46. The van der Waals surface area contributed by atoms with E-state index in [1.807, 2.05) is 43.3 Å². The highest BCUT2D eigenvalue weighted by Crippen LogP contribution is 2.33. The summed E-state index contributed by atoms with van der Waals surface area (Å²) in [5, 5.41) is 9.46. The summed E-state index contributed by atoms with van der Waals surface area (Å²) >= 11 is 0. The Kier molecular flexibility index (Phi) is 4.21. The van der Waals surface area contributed by atoms with Gasteiger partial charge in [-0.15, -0.1) is 0 Å². The van der Waals surface area contributed by atoms with Gasteiger partial charge in [0.05, 0.1) is 11.9 Å². The van der Waals surface area contributed by atoms with Crippen molar-refractivity contribution in [2.45, 2.75) is 26.2 Å². The van der Waals surface area contributed by atoms with Gasteiger partial charge in [-0.1, -0.05) is 38.1 Å². The van der Waals surface area contributed by atoms with Crippen LogP contribution in [-0.2, 0) is 5.41 Å². The second-order valence-corrected chi connectivity index (χ2v) is 6.30. The molecule has 0 unspecified atom stereocenters. The zero-order valence-electron chi connectivity index (χ0n) is 14.0. The number of aromatic hydroxyl groups is 1. The van der Waals surface area contributed by atoms with Crippen LogP contribution in [0, 0.1) is 6.92 Å². The molecule has 0 saturated carbocycles. The van der Waals surface area contributed by atoms with E-state index in [1.54, 1.807) is 24.5 Å². The smallest absolute Gasteiger partial charge is 0.238 e. The predicted molar refractivity (Wildman–Crippen MR) is 93.5 cm³/mol. The van der Waals surface area contributed by atoms with Crippen molar-refractivity contribution in [3.63, 3.8) is 0 Å². The van der Waals surface area contributed by atoms with Gasteiger partial charge in [-0.3, -0.25) is 4.98 Å². The minimum atomic E-state index is -0.171. The molecule has 1 heterocycles. The first kappa shape index (κ1) is 16.0. The van der Waals surface area contributed by atoms with Crippen LogP contribution in [0.2, 0.25) is 0 Å². The molecule has 1 N–H and O–H groups in total. The van der Waals surface area contributed by atoms with Gasteiger partial charge in [-0.25, -0.2) is 4.98 Å². The number of phenolic OH excluding ortho intramolecular Hbond substituents is 1. The minimum absolute atomic E-state index is 0.171. The Morgan fingerprint density at radius 1 is 0.875 bits per heavy atom. The van der Waals surface area contributed by atoms with Gasteiger partial charge in [0.15, 0.2) is 0 Å². The average molecular weight is 320 g/mol. The molecule has 0 radical (unpaired) electrons. The molecule has 2 aromatic carbocycles. The number of benzene rings is 2. The minimum Gasteiger partial charge on any atom is -0.508 e. The van der Waals surface area contributed by atoms with Gasteiger partial charge in [-0.2, -0.15) is 0 Å². The number of ether oxygens (including phenoxy) is 1. The molecule has 24 heavy (non-hydrogen) atoms. The maximum Gasteiger partial charge on any atom is 0.238 e. The second-order valence-electron chi connectivity index (χ2n) is 6.30. The highest BCUT2D eigenvalue weighted by atomic mass is 16.5. The monoisotopic (exact) mass is 320 g/mol. The van der Waals surface area contributed by atoms with E-state index in [0.29, 0.717) is 5.88 Å². The largest absolute Gasteiger partial charge is 0.508 e. The van der Waals surface area contributed by atoms with Crippen LogP contribution < -0.4 is 4.74 Å². The Bertz CT molecular complexity index is 825. The number of rotatable bonds is 4. The SMILES string of the molecule is Cc1cncc(Oc2ccc(C(C)(C)c3ccc(O)cc3)cc2)n1. The number of aromatic nitrogens is 2. The third kappa shape index (κ3) is 3.38. The fourth-order valence-electron chi connectivity index (χ4n) is 2.59. The molecule has 3 aromatic rings. The zero-order valence-corrected chi connectivity index (χ0v) is 14.0. The Morgan fingerprint density at radius 2 is 1.46 bits per heavy atom. The molecular formula is C20H20N2O2. The molecule has 3 rings (SSSR count). The van der Waals surface area contributed by atoms with Crippen molar-refractivity contribution < 1.29 is 9.84 Å². The van der Waals surface area contributed by atoms with Crippen molar-refractivity contribution >= 4 is 0 Å². The lowest BCUT2D eigenvalue weighted by atomic mass is 9.78. The fraction of sp³-hybridized carbons (Fsp3) is 0.200. The Labute approximate surface area is 141 Å². The third-order valence-corrected chi connectivity index (χ3v) is 4.12. The van der Waals surface area contributed by atoms with E-state index in [-0.39, 0.29) is 11.2 Å². The van der Waals surface area contributed by atoms with Crippen LogP contribution in [0.3, 0.4) is 0 Å². The van der Waals surface area contributed by atoms with Crippen LogP contribution in [0.4, 0.5) is 0 Å². The molecular weight excluding hydrogens is 300 g/mol. The molecule has 0 bridgehead atoms. The van der Waals surface area contributed by atoms with Crippen molar-refractivity contribution in [2.24, 2.45) is 0 Å². The van der Waals surface area contributed by atoms with E-state index in [1.165, 1.54) is 0 Å². The molecule has 0 aliphatic heterocycles. The lowest BCUT2D eigenvalue weighted by molar-refractivity contribution is 0.458. The Balaban J connectivity index is 1.82. The third-order valence-electron chi connectivity index (χ3n) is 4.12. The Morgan fingerprint density at radius 3 is 2.04 bits per heavy atom. The van der Waals surface area contributed by atoms with E-state index in [0.717, 1.165) is 22.6 Å². The predicted octanol–water partition coefficient (Wildman–Crippen LogP) is 4.61. The van der Waals surface area contributed by atoms with E-state index in [4.69, 9.17) is 4.74 Å². The topological polar surface area (TPSA) is 55.2 Å². The molecule has 0 spiro atoms. The average Bonchev–Trinajstić information content (AvgIpc) is 2.56. The van der Waals surface area contributed by atoms with Crippen LogP contribution in [-0.4, -0.2) is 15.1 Å². The first-order valence-corrected chi connectivity index (χ1v) is 7.82. The van der Waals surface area contributed by atoms with Gasteiger partial charge in [0.1, 0.15) is 11.5 Å². The first-order chi connectivity index (χ1) is 11.4. The molecule has 0 amide bonds. The molecule has 0 aliphatic rings. The summed E-state index contributed by atoms with van der Waals surface area (Å²) in [6.07, 6.45) is 3.29. The zero-order chi connectivity index (χ0) is 17.2. The lowest BCUT2D eigenvalue weighted by Gasteiger charge is -2.26. The summed E-state index contributed by atoms with van der Waals surface area (Å²) in [5.74, 6) is 1.48. The lowest BCUT2D eigenvalue weighted by Crippen LogP contribution is -2.18. The van der Waals surface area contributed by atoms with Crippen LogP contribution >= 0.6 is 0 Å². The van der Waals surface area contributed by atoms with Crippen molar-refractivity contribution in [3.8, 4) is 17.4 Å². The van der Waals surface area contributed by atoms with Crippen LogP contribution in [0.15, 0.2) is 60.9 Å². The summed E-state index contributed by atoms with van der Waals surface area (Å²) in [6, 6.07) is 15.3. The van der Waals surface area contributed by atoms with Crippen LogP contribution in [0.25, 0.3) is 0 Å². The van der Waals surface area contributed by atoms with Gasteiger partial charge in [0, 0.05) is 11.6 Å². The summed E-state index contributed by atoms with van der Waals surface area (Å²) in [5.41, 5.74) is 2.95. The highest BCUT2D eigenvalue weighted by molar-refractivity contribution is 5.42. The van der Waals surface area contributed by atoms with Gasteiger partial charge in [-0.05, 0) is 42.3 Å². The maximum absolute atomic E-state index is 9.46. The summed E-state index contributed by atoms with van der Waals surface area (Å²) < 4.78 is 5.74. The molecule has 4 heteroatoms. The molecule has 0 saturated heterocycles. The molecule has 122 valence electrons. The molecule has 0 aliphatic carbocycles. The van der Waals surface area contributed by atoms with Gasteiger partial charge in [0.2, 0.25) is 5.88 Å². The van der Waals surface area contributed by atoms with Crippen molar-refractivity contribution in [1.29, 1.82) is 0 Å². The summed E-state index contributed by atoms with van der Waals surface area (Å²) in [7, 11) is 0. The van der Waals surface area contributed by atoms with Gasteiger partial charge < -0.3 is 9.84 Å². The second kappa shape index (κ2) is 6.32. The molecule has 4 nitrogen and oxygen atoms in total. The van der Waals surface area contributed by atoms with Crippen LogP contribution in [0.5, 0.6) is 17.4 Å². The van der Waals surface area contributed by atoms with Crippen molar-refractivity contribution in [3.05, 3.63) is 77.7 Å². The standard InChI is InChI=1S/C20H20N2O2/c1-14-12-21-13-19(22-14)24-18-10-6-16(7-11-18)20(2,3)15-4-8-17(23)9-5-15/h4-13,23H,1-3H3. The molecule has 0 fully saturated rings. The Hall–Kier alpha value is -2.88. The van der Waals surface area contributed by atoms with E-state index in [9.17, 15) is 5.11 Å². The van der Waals surface area contributed by atoms with Crippen molar-refractivity contribution in [2.75, 3.05) is 0 Å². The summed E-state index contributed by atoms with van der Waals surface area (Å²) in [4.78, 5) is 8.36. The first-order valence-electron chi connectivity index (χ1n) is 7.82. The van der Waals surface area contributed by atoms with Gasteiger partial charge in [0.25, 0.3) is 0 Å². The number of phenols is 1. The normalized spacial score (nSPS) is 11.3. The van der Waals surface area contributed by atoms with E-state index >= 15 is 0 Å². The number of hydrogen-bond acceptors (Lipinski definition) is 4. The van der Waals surface area contributed by atoms with Crippen molar-refractivity contribution in [1.82, 2.24) is 9.97 Å². The van der Waals surface area contributed by atoms with Gasteiger partial charge >= 0.3 is 0 Å². The highest BCUT2D eigenvalue weighted by Gasteiger charge is 2.23. The van der Waals surface area contributed by atoms with Crippen LogP contribution in [0.1, 0.15) is 30.7 Å². The molecule has 0 atom stereocenters. The molecule has 1 aromatic heterocycles.